The lowest BCUT2D eigenvalue weighted by Crippen LogP contribution is -2.49. The Balaban J connectivity index is 4.48. The number of amides is 1. The number of hydrogen-bond donors (Lipinski definition) is 2. The first-order chi connectivity index (χ1) is 5.54. The number of carbonyl (C=O) groups excluding carboxylic acids is 1. The second-order valence-electron chi connectivity index (χ2n) is 4.08. The molecular formula is C7H16N2O3S. The van der Waals surface area contributed by atoms with Crippen LogP contribution in [0.15, 0.2) is 0 Å². The van der Waals surface area contributed by atoms with E-state index in [0.29, 0.717) is 0 Å². The van der Waals surface area contributed by atoms with Crippen LogP contribution in [0.1, 0.15) is 20.8 Å². The standard InChI is InChI=1S/C7H16N2O3S/c1-7(2,3)5(8)6(10)9-13(4,11)12/h5H,8H2,1-4H3,(H,9,10)/t5-/m1/s1. The van der Waals surface area contributed by atoms with E-state index in [9.17, 15) is 13.2 Å². The molecule has 0 saturated heterocycles. The Hall–Kier alpha value is -0.620. The van der Waals surface area contributed by atoms with Crippen LogP contribution in [-0.4, -0.2) is 26.6 Å². The van der Waals surface area contributed by atoms with Crippen molar-refractivity contribution in [3.63, 3.8) is 0 Å². The molecule has 6 heteroatoms. The molecule has 0 spiro atoms. The van der Waals surface area contributed by atoms with Crippen LogP contribution >= 0.6 is 0 Å². The van der Waals surface area contributed by atoms with Gasteiger partial charge in [0.25, 0.3) is 5.91 Å². The molecule has 0 aliphatic rings. The second-order valence-corrected chi connectivity index (χ2v) is 5.83. The summed E-state index contributed by atoms with van der Waals surface area (Å²) in [4.78, 5) is 11.2. The van der Waals surface area contributed by atoms with Crippen molar-refractivity contribution in [2.75, 3.05) is 6.26 Å². The zero-order valence-electron chi connectivity index (χ0n) is 8.29. The molecule has 78 valence electrons. The van der Waals surface area contributed by atoms with Gasteiger partial charge in [-0.15, -0.1) is 0 Å². The number of carbonyl (C=O) groups is 1. The van der Waals surface area contributed by atoms with Crippen molar-refractivity contribution in [2.45, 2.75) is 26.8 Å². The van der Waals surface area contributed by atoms with E-state index in [2.05, 4.69) is 0 Å². The van der Waals surface area contributed by atoms with Crippen molar-refractivity contribution in [1.82, 2.24) is 4.72 Å². The van der Waals surface area contributed by atoms with Crippen molar-refractivity contribution in [3.05, 3.63) is 0 Å². The fourth-order valence-corrected chi connectivity index (χ4v) is 1.13. The molecule has 0 aromatic carbocycles. The van der Waals surface area contributed by atoms with Crippen molar-refractivity contribution < 1.29 is 13.2 Å². The van der Waals surface area contributed by atoms with Gasteiger partial charge in [0.1, 0.15) is 0 Å². The summed E-state index contributed by atoms with van der Waals surface area (Å²) >= 11 is 0. The largest absolute Gasteiger partial charge is 0.319 e. The molecule has 5 nitrogen and oxygen atoms in total. The maximum absolute atomic E-state index is 11.2. The molecule has 3 N–H and O–H groups in total. The Morgan fingerprint density at radius 1 is 1.38 bits per heavy atom. The molecule has 0 unspecified atom stereocenters. The predicted octanol–water partition coefficient (Wildman–Crippen LogP) is -0.564. The van der Waals surface area contributed by atoms with Gasteiger partial charge in [-0.25, -0.2) is 8.42 Å². The van der Waals surface area contributed by atoms with Crippen LogP contribution in [-0.2, 0) is 14.8 Å². The fraction of sp³-hybridized carbons (Fsp3) is 0.857. The third kappa shape index (κ3) is 4.84. The van der Waals surface area contributed by atoms with E-state index in [-0.39, 0.29) is 0 Å². The zero-order chi connectivity index (χ0) is 10.9. The number of nitrogens with one attached hydrogen (secondary N) is 1. The lowest BCUT2D eigenvalue weighted by atomic mass is 9.87. The minimum Gasteiger partial charge on any atom is -0.319 e. The van der Waals surface area contributed by atoms with Crippen molar-refractivity contribution in [2.24, 2.45) is 11.1 Å². The minimum atomic E-state index is -3.51. The van der Waals surface area contributed by atoms with Gasteiger partial charge in [0.15, 0.2) is 0 Å². The van der Waals surface area contributed by atoms with Crippen LogP contribution in [0.5, 0.6) is 0 Å². The molecule has 0 radical (unpaired) electrons. The van der Waals surface area contributed by atoms with E-state index in [1.54, 1.807) is 20.8 Å². The van der Waals surface area contributed by atoms with Crippen molar-refractivity contribution in [1.29, 1.82) is 0 Å². The summed E-state index contributed by atoms with van der Waals surface area (Å²) in [6, 6.07) is -0.831. The van der Waals surface area contributed by atoms with E-state index >= 15 is 0 Å². The zero-order valence-corrected chi connectivity index (χ0v) is 9.10. The maximum Gasteiger partial charge on any atom is 0.250 e. The molecule has 0 aromatic rings. The average molecular weight is 208 g/mol. The SMILES string of the molecule is CC(C)(C)[C@H](N)C(=O)NS(C)(=O)=O. The summed E-state index contributed by atoms with van der Waals surface area (Å²) in [6.07, 6.45) is 0.917. The lowest BCUT2D eigenvalue weighted by Gasteiger charge is -2.25. The van der Waals surface area contributed by atoms with Gasteiger partial charge in [-0.2, -0.15) is 0 Å². The predicted molar refractivity (Wildman–Crippen MR) is 50.4 cm³/mol. The van der Waals surface area contributed by atoms with Crippen molar-refractivity contribution in [3.8, 4) is 0 Å². The molecule has 1 amide bonds. The third-order valence-corrected chi connectivity index (χ3v) is 2.07. The average Bonchev–Trinajstić information content (AvgIpc) is 1.79. The Kier molecular flexibility index (Phi) is 3.46. The molecule has 0 aliphatic heterocycles. The van der Waals surface area contributed by atoms with Gasteiger partial charge in [0.2, 0.25) is 10.0 Å². The third-order valence-electron chi connectivity index (χ3n) is 1.50. The lowest BCUT2D eigenvalue weighted by molar-refractivity contribution is -0.122. The summed E-state index contributed by atoms with van der Waals surface area (Å²) in [5.74, 6) is -0.671. The first-order valence-electron chi connectivity index (χ1n) is 3.81. The number of nitrogens with two attached hydrogens (primary N) is 1. The second kappa shape index (κ2) is 3.63. The Labute approximate surface area is 78.7 Å². The summed E-state index contributed by atoms with van der Waals surface area (Å²) in [7, 11) is -3.51. The highest BCUT2D eigenvalue weighted by molar-refractivity contribution is 7.89. The van der Waals surface area contributed by atoms with E-state index in [0.717, 1.165) is 6.26 Å². The van der Waals surface area contributed by atoms with E-state index in [1.165, 1.54) is 0 Å². The monoisotopic (exact) mass is 208 g/mol. The van der Waals surface area contributed by atoms with Gasteiger partial charge >= 0.3 is 0 Å². The van der Waals surface area contributed by atoms with Gasteiger partial charge < -0.3 is 5.73 Å². The molecule has 0 aromatic heterocycles. The van der Waals surface area contributed by atoms with E-state index in [4.69, 9.17) is 5.73 Å². The minimum absolute atomic E-state index is 0.450. The smallest absolute Gasteiger partial charge is 0.250 e. The Morgan fingerprint density at radius 2 is 1.77 bits per heavy atom. The summed E-state index contributed by atoms with van der Waals surface area (Å²) in [5, 5.41) is 0. The van der Waals surface area contributed by atoms with Crippen LogP contribution < -0.4 is 10.5 Å². The molecule has 0 saturated carbocycles. The van der Waals surface area contributed by atoms with E-state index in [1.807, 2.05) is 4.72 Å². The Morgan fingerprint density at radius 3 is 2.00 bits per heavy atom. The topological polar surface area (TPSA) is 89.3 Å². The maximum atomic E-state index is 11.2. The van der Waals surface area contributed by atoms with Gasteiger partial charge in [-0.05, 0) is 5.41 Å². The molecule has 1 atom stereocenters. The molecule has 0 aliphatic carbocycles. The highest BCUT2D eigenvalue weighted by Gasteiger charge is 2.28. The number of rotatable bonds is 2. The Bertz CT molecular complexity index is 289. The van der Waals surface area contributed by atoms with Crippen molar-refractivity contribution >= 4 is 15.9 Å². The highest BCUT2D eigenvalue weighted by atomic mass is 32.2. The van der Waals surface area contributed by atoms with Gasteiger partial charge in [0, 0.05) is 0 Å². The van der Waals surface area contributed by atoms with Crippen LogP contribution in [0.3, 0.4) is 0 Å². The van der Waals surface area contributed by atoms with E-state index < -0.39 is 27.4 Å². The fourth-order valence-electron chi connectivity index (χ4n) is 0.639. The number of sulfonamides is 1. The highest BCUT2D eigenvalue weighted by Crippen LogP contribution is 2.17. The van der Waals surface area contributed by atoms with Crippen LogP contribution in [0, 0.1) is 5.41 Å². The van der Waals surface area contributed by atoms with Gasteiger partial charge in [0.05, 0.1) is 12.3 Å². The summed E-state index contributed by atoms with van der Waals surface area (Å²) in [5.41, 5.74) is 5.08. The first-order valence-corrected chi connectivity index (χ1v) is 5.70. The van der Waals surface area contributed by atoms with Crippen LogP contribution in [0.25, 0.3) is 0 Å². The molecule has 0 rings (SSSR count). The number of hydrogen-bond acceptors (Lipinski definition) is 4. The van der Waals surface area contributed by atoms with Crippen LogP contribution in [0.2, 0.25) is 0 Å². The quantitative estimate of drug-likeness (QED) is 0.636. The molecule has 13 heavy (non-hydrogen) atoms. The summed E-state index contributed by atoms with van der Waals surface area (Å²) < 4.78 is 23.2. The molecule has 0 heterocycles. The first kappa shape index (κ1) is 12.4. The van der Waals surface area contributed by atoms with Crippen LogP contribution in [0.4, 0.5) is 0 Å². The molecular weight excluding hydrogens is 192 g/mol. The molecule has 0 bridgehead atoms. The van der Waals surface area contributed by atoms with Gasteiger partial charge in [-0.3, -0.25) is 9.52 Å². The molecule has 0 fully saturated rings. The van der Waals surface area contributed by atoms with Gasteiger partial charge in [-0.1, -0.05) is 20.8 Å². The normalized spacial score (nSPS) is 15.2. The summed E-state index contributed by atoms with van der Waals surface area (Å²) in [6.45, 7) is 5.29.